The normalized spacial score (nSPS) is 10.9. The number of aromatic nitrogens is 1. The van der Waals surface area contributed by atoms with Crippen LogP contribution in [0.15, 0.2) is 29.0 Å². The first-order valence-electron chi connectivity index (χ1n) is 6.11. The van der Waals surface area contributed by atoms with E-state index < -0.39 is 0 Å². The fraction of sp³-hybridized carbons (Fsp3) is 0.357. The summed E-state index contributed by atoms with van der Waals surface area (Å²) in [6.07, 6.45) is 1.45. The summed E-state index contributed by atoms with van der Waals surface area (Å²) in [6, 6.07) is 5.86. The maximum absolute atomic E-state index is 6.13. The van der Waals surface area contributed by atoms with E-state index in [0.29, 0.717) is 13.2 Å². The van der Waals surface area contributed by atoms with E-state index in [1.54, 1.807) is 7.11 Å². The Morgan fingerprint density at radius 3 is 3.00 bits per heavy atom. The molecule has 1 aromatic carbocycles. The molecule has 0 amide bonds. The molecule has 0 fully saturated rings. The molecular weight excluding hydrogens is 264 g/mol. The number of benzene rings is 1. The van der Waals surface area contributed by atoms with Crippen LogP contribution in [0.5, 0.6) is 0 Å². The lowest BCUT2D eigenvalue weighted by Crippen LogP contribution is -2.19. The number of halogens is 1. The molecule has 0 spiro atoms. The largest absolute Gasteiger partial charge is 0.443 e. The Hall–Kier alpha value is -1.36. The lowest BCUT2D eigenvalue weighted by Gasteiger charge is -2.05. The van der Waals surface area contributed by atoms with Gasteiger partial charge in [-0.05, 0) is 18.6 Å². The van der Waals surface area contributed by atoms with Gasteiger partial charge in [-0.2, -0.15) is 0 Å². The van der Waals surface area contributed by atoms with Crippen LogP contribution in [-0.2, 0) is 11.3 Å². The number of nitrogens with zero attached hydrogens (tertiary/aromatic N) is 1. The van der Waals surface area contributed by atoms with Crippen molar-refractivity contribution >= 4 is 11.6 Å². The number of hydrogen-bond acceptors (Lipinski definition) is 4. The van der Waals surface area contributed by atoms with Gasteiger partial charge in [0.15, 0.2) is 12.2 Å². The van der Waals surface area contributed by atoms with Crippen LogP contribution < -0.4 is 5.32 Å². The Bertz CT molecular complexity index is 540. The van der Waals surface area contributed by atoms with Gasteiger partial charge < -0.3 is 14.5 Å². The molecule has 1 N–H and O–H groups in total. The molecule has 0 aliphatic rings. The number of rotatable bonds is 6. The Kier molecular flexibility index (Phi) is 4.96. The Morgan fingerprint density at radius 1 is 1.42 bits per heavy atom. The second kappa shape index (κ2) is 6.70. The topological polar surface area (TPSA) is 47.3 Å². The minimum atomic E-state index is 0.640. The molecule has 2 rings (SSSR count). The first-order chi connectivity index (χ1) is 9.22. The lowest BCUT2D eigenvalue weighted by molar-refractivity contribution is 0.199. The molecule has 0 saturated heterocycles. The molecule has 0 atom stereocenters. The quantitative estimate of drug-likeness (QED) is 0.826. The molecule has 2 aromatic rings. The fourth-order valence-electron chi connectivity index (χ4n) is 1.75. The van der Waals surface area contributed by atoms with Crippen LogP contribution in [0, 0.1) is 6.92 Å². The molecule has 19 heavy (non-hydrogen) atoms. The summed E-state index contributed by atoms with van der Waals surface area (Å²) in [5, 5.41) is 3.97. The van der Waals surface area contributed by atoms with Crippen LogP contribution in [0.25, 0.3) is 11.3 Å². The van der Waals surface area contributed by atoms with E-state index in [2.05, 4.69) is 10.3 Å². The van der Waals surface area contributed by atoms with Crippen LogP contribution >= 0.6 is 11.6 Å². The maximum Gasteiger partial charge on any atom is 0.181 e. The van der Waals surface area contributed by atoms with Crippen LogP contribution in [0.4, 0.5) is 0 Å². The summed E-state index contributed by atoms with van der Waals surface area (Å²) in [6.45, 7) is 4.06. The van der Waals surface area contributed by atoms with E-state index in [4.69, 9.17) is 20.8 Å². The van der Waals surface area contributed by atoms with E-state index in [0.717, 1.165) is 34.1 Å². The zero-order valence-electron chi connectivity index (χ0n) is 11.1. The van der Waals surface area contributed by atoms with E-state index in [1.165, 1.54) is 6.39 Å². The van der Waals surface area contributed by atoms with Crippen molar-refractivity contribution in [3.63, 3.8) is 0 Å². The van der Waals surface area contributed by atoms with Crippen molar-refractivity contribution in [2.45, 2.75) is 13.5 Å². The van der Waals surface area contributed by atoms with Gasteiger partial charge in [-0.3, -0.25) is 0 Å². The first-order valence-corrected chi connectivity index (χ1v) is 6.48. The fourth-order valence-corrected chi connectivity index (χ4v) is 1.93. The lowest BCUT2D eigenvalue weighted by atomic mass is 10.1. The molecule has 0 aliphatic heterocycles. The number of ether oxygens (including phenoxy) is 1. The van der Waals surface area contributed by atoms with Crippen molar-refractivity contribution < 1.29 is 9.15 Å². The first kappa shape index (κ1) is 14.1. The predicted octanol–water partition coefficient (Wildman–Crippen LogP) is 3.04. The molecule has 0 unspecified atom stereocenters. The molecule has 102 valence electrons. The second-order valence-corrected chi connectivity index (χ2v) is 4.67. The molecular formula is C14H17ClN2O2. The van der Waals surface area contributed by atoms with Crippen LogP contribution in [-0.4, -0.2) is 25.2 Å². The van der Waals surface area contributed by atoms with Crippen molar-refractivity contribution in [2.75, 3.05) is 20.3 Å². The highest BCUT2D eigenvalue weighted by Gasteiger charge is 2.11. The van der Waals surface area contributed by atoms with E-state index in [-0.39, 0.29) is 0 Å². The third-order valence-electron chi connectivity index (χ3n) is 2.85. The SMILES string of the molecule is COCCNCc1ncoc1-c1ccc(C)c(Cl)c1. The number of hydrogen-bond donors (Lipinski definition) is 1. The summed E-state index contributed by atoms with van der Waals surface area (Å²) in [4.78, 5) is 4.23. The zero-order valence-corrected chi connectivity index (χ0v) is 11.8. The summed E-state index contributed by atoms with van der Waals surface area (Å²) in [7, 11) is 1.68. The van der Waals surface area contributed by atoms with Crippen molar-refractivity contribution in [1.82, 2.24) is 10.3 Å². The molecule has 1 heterocycles. The van der Waals surface area contributed by atoms with Gasteiger partial charge in [0.2, 0.25) is 0 Å². The molecule has 4 nitrogen and oxygen atoms in total. The minimum Gasteiger partial charge on any atom is -0.443 e. The molecule has 1 aromatic heterocycles. The van der Waals surface area contributed by atoms with Crippen LogP contribution in [0.1, 0.15) is 11.3 Å². The number of aryl methyl sites for hydroxylation is 1. The van der Waals surface area contributed by atoms with Gasteiger partial charge in [0.1, 0.15) is 5.69 Å². The molecule has 5 heteroatoms. The number of methoxy groups -OCH3 is 1. The molecule has 0 aliphatic carbocycles. The summed E-state index contributed by atoms with van der Waals surface area (Å²) in [5.74, 6) is 0.756. The van der Waals surface area contributed by atoms with Gasteiger partial charge in [0.25, 0.3) is 0 Å². The average molecular weight is 281 g/mol. The zero-order chi connectivity index (χ0) is 13.7. The van der Waals surface area contributed by atoms with E-state index in [9.17, 15) is 0 Å². The third kappa shape index (κ3) is 3.56. The van der Waals surface area contributed by atoms with Crippen molar-refractivity contribution in [2.24, 2.45) is 0 Å². The van der Waals surface area contributed by atoms with E-state index >= 15 is 0 Å². The summed E-state index contributed by atoms with van der Waals surface area (Å²) >= 11 is 6.13. The van der Waals surface area contributed by atoms with Crippen LogP contribution in [0.3, 0.4) is 0 Å². The van der Waals surface area contributed by atoms with Gasteiger partial charge in [-0.15, -0.1) is 0 Å². The van der Waals surface area contributed by atoms with E-state index in [1.807, 2.05) is 25.1 Å². The monoisotopic (exact) mass is 280 g/mol. The van der Waals surface area contributed by atoms with Gasteiger partial charge >= 0.3 is 0 Å². The Labute approximate surface area is 117 Å². The third-order valence-corrected chi connectivity index (χ3v) is 3.26. The number of oxazole rings is 1. The van der Waals surface area contributed by atoms with Gasteiger partial charge in [0.05, 0.1) is 6.61 Å². The highest BCUT2D eigenvalue weighted by atomic mass is 35.5. The highest BCUT2D eigenvalue weighted by Crippen LogP contribution is 2.27. The van der Waals surface area contributed by atoms with Gasteiger partial charge in [0, 0.05) is 30.8 Å². The standard InChI is InChI=1S/C14H17ClN2O2/c1-10-3-4-11(7-12(10)15)14-13(17-9-19-14)8-16-5-6-18-2/h3-4,7,9,16H,5-6,8H2,1-2H3. The Morgan fingerprint density at radius 2 is 2.26 bits per heavy atom. The highest BCUT2D eigenvalue weighted by molar-refractivity contribution is 6.31. The summed E-state index contributed by atoms with van der Waals surface area (Å²) < 4.78 is 10.4. The van der Waals surface area contributed by atoms with Crippen LogP contribution in [0.2, 0.25) is 5.02 Å². The maximum atomic E-state index is 6.13. The molecule has 0 bridgehead atoms. The second-order valence-electron chi connectivity index (χ2n) is 4.26. The predicted molar refractivity (Wildman–Crippen MR) is 75.3 cm³/mol. The Balaban J connectivity index is 2.12. The minimum absolute atomic E-state index is 0.640. The molecule has 0 radical (unpaired) electrons. The molecule has 0 saturated carbocycles. The average Bonchev–Trinajstić information content (AvgIpc) is 2.86. The summed E-state index contributed by atoms with van der Waals surface area (Å²) in [5.41, 5.74) is 2.86. The van der Waals surface area contributed by atoms with Crippen molar-refractivity contribution in [3.8, 4) is 11.3 Å². The smallest absolute Gasteiger partial charge is 0.181 e. The van der Waals surface area contributed by atoms with Gasteiger partial charge in [-0.25, -0.2) is 4.98 Å². The van der Waals surface area contributed by atoms with Gasteiger partial charge in [-0.1, -0.05) is 23.7 Å². The van der Waals surface area contributed by atoms with Crippen molar-refractivity contribution in [1.29, 1.82) is 0 Å². The van der Waals surface area contributed by atoms with Crippen molar-refractivity contribution in [3.05, 3.63) is 40.9 Å². The number of nitrogens with one attached hydrogen (secondary N) is 1.